The SMILES string of the molecule is CC(C)[C@H](NS(=O)(=O)c1cccc(Cl)c1)C(=O)OCC(=O)N(C)CCC#N. The molecule has 0 aromatic heterocycles. The van der Waals surface area contributed by atoms with Gasteiger partial charge in [-0.05, 0) is 24.1 Å². The van der Waals surface area contributed by atoms with E-state index in [2.05, 4.69) is 4.72 Å². The fourth-order valence-electron chi connectivity index (χ4n) is 2.00. The van der Waals surface area contributed by atoms with E-state index in [0.29, 0.717) is 0 Å². The van der Waals surface area contributed by atoms with Gasteiger partial charge >= 0.3 is 5.97 Å². The van der Waals surface area contributed by atoms with E-state index in [9.17, 15) is 18.0 Å². The highest BCUT2D eigenvalue weighted by Gasteiger charge is 2.30. The van der Waals surface area contributed by atoms with Gasteiger partial charge in [0.1, 0.15) is 6.04 Å². The molecule has 148 valence electrons. The normalized spacial score (nSPS) is 12.3. The van der Waals surface area contributed by atoms with Crippen molar-refractivity contribution in [1.29, 1.82) is 5.26 Å². The molecule has 0 saturated carbocycles. The summed E-state index contributed by atoms with van der Waals surface area (Å²) in [7, 11) is -2.52. The Kier molecular flexibility index (Phi) is 8.69. The molecular weight excluding hydrogens is 394 g/mol. The fourth-order valence-corrected chi connectivity index (χ4v) is 3.63. The molecule has 0 saturated heterocycles. The maximum Gasteiger partial charge on any atom is 0.324 e. The minimum atomic E-state index is -4.01. The van der Waals surface area contributed by atoms with Crippen LogP contribution in [0.1, 0.15) is 20.3 Å². The number of carbonyl (C=O) groups excluding carboxylic acids is 2. The summed E-state index contributed by atoms with van der Waals surface area (Å²) in [6.07, 6.45) is 0.157. The van der Waals surface area contributed by atoms with Crippen molar-refractivity contribution in [2.24, 2.45) is 5.92 Å². The molecule has 27 heavy (non-hydrogen) atoms. The number of nitrogens with zero attached hydrogens (tertiary/aromatic N) is 2. The molecule has 0 fully saturated rings. The molecule has 0 aliphatic carbocycles. The average Bonchev–Trinajstić information content (AvgIpc) is 2.61. The molecule has 0 bridgehead atoms. The van der Waals surface area contributed by atoms with Crippen molar-refractivity contribution in [1.82, 2.24) is 9.62 Å². The van der Waals surface area contributed by atoms with Crippen LogP contribution in [-0.2, 0) is 24.3 Å². The second-order valence-electron chi connectivity index (χ2n) is 6.13. The van der Waals surface area contributed by atoms with Gasteiger partial charge in [-0.3, -0.25) is 9.59 Å². The van der Waals surface area contributed by atoms with Crippen molar-refractivity contribution in [2.75, 3.05) is 20.2 Å². The Labute approximate surface area is 164 Å². The number of likely N-dealkylation sites (N-methyl/N-ethyl adjacent to an activating group) is 1. The van der Waals surface area contributed by atoms with Crippen molar-refractivity contribution in [3.8, 4) is 6.07 Å². The highest BCUT2D eigenvalue weighted by atomic mass is 35.5. The first-order valence-electron chi connectivity index (χ1n) is 8.14. The first-order chi connectivity index (χ1) is 12.6. The Morgan fingerprint density at radius 3 is 2.59 bits per heavy atom. The van der Waals surface area contributed by atoms with Gasteiger partial charge in [0.25, 0.3) is 5.91 Å². The molecule has 1 aromatic carbocycles. The number of carbonyl (C=O) groups is 2. The highest BCUT2D eigenvalue weighted by Crippen LogP contribution is 2.17. The van der Waals surface area contributed by atoms with Crippen LogP contribution in [0.5, 0.6) is 0 Å². The zero-order chi connectivity index (χ0) is 20.6. The number of benzene rings is 1. The number of amides is 1. The van der Waals surface area contributed by atoms with Gasteiger partial charge in [-0.1, -0.05) is 31.5 Å². The minimum Gasteiger partial charge on any atom is -0.454 e. The van der Waals surface area contributed by atoms with E-state index in [-0.39, 0.29) is 22.9 Å². The van der Waals surface area contributed by atoms with Gasteiger partial charge in [-0.15, -0.1) is 0 Å². The van der Waals surface area contributed by atoms with Gasteiger partial charge in [-0.2, -0.15) is 9.98 Å². The van der Waals surface area contributed by atoms with E-state index in [0.717, 1.165) is 0 Å². The summed E-state index contributed by atoms with van der Waals surface area (Å²) in [5.41, 5.74) is 0. The van der Waals surface area contributed by atoms with E-state index in [1.54, 1.807) is 13.8 Å². The number of halogens is 1. The molecule has 1 amide bonds. The van der Waals surface area contributed by atoms with Crippen molar-refractivity contribution >= 4 is 33.5 Å². The number of hydrogen-bond acceptors (Lipinski definition) is 6. The Hall–Kier alpha value is -2.15. The summed E-state index contributed by atoms with van der Waals surface area (Å²) in [5.74, 6) is -1.77. The summed E-state index contributed by atoms with van der Waals surface area (Å²) >= 11 is 5.82. The lowest BCUT2D eigenvalue weighted by Crippen LogP contribution is -2.46. The monoisotopic (exact) mass is 415 g/mol. The van der Waals surface area contributed by atoms with Crippen molar-refractivity contribution in [3.05, 3.63) is 29.3 Å². The number of nitriles is 1. The number of hydrogen-bond donors (Lipinski definition) is 1. The molecular formula is C17H22ClN3O5S. The van der Waals surface area contributed by atoms with Crippen LogP contribution in [0.3, 0.4) is 0 Å². The first kappa shape index (κ1) is 22.9. The topological polar surface area (TPSA) is 117 Å². The van der Waals surface area contributed by atoms with Gasteiger partial charge in [-0.25, -0.2) is 8.42 Å². The zero-order valence-corrected chi connectivity index (χ0v) is 16.9. The van der Waals surface area contributed by atoms with E-state index >= 15 is 0 Å². The molecule has 0 radical (unpaired) electrons. The number of ether oxygens (including phenoxy) is 1. The summed E-state index contributed by atoms with van der Waals surface area (Å²) in [6.45, 7) is 2.96. The smallest absolute Gasteiger partial charge is 0.324 e. The van der Waals surface area contributed by atoms with Gasteiger partial charge in [0.15, 0.2) is 6.61 Å². The van der Waals surface area contributed by atoms with Gasteiger partial charge < -0.3 is 9.64 Å². The molecule has 8 nitrogen and oxygen atoms in total. The average molecular weight is 416 g/mol. The maximum atomic E-state index is 12.5. The molecule has 1 aromatic rings. The van der Waals surface area contributed by atoms with Crippen LogP contribution >= 0.6 is 11.6 Å². The molecule has 1 rings (SSSR count). The predicted molar refractivity (Wildman–Crippen MR) is 99.2 cm³/mol. The number of sulfonamides is 1. The van der Waals surface area contributed by atoms with Crippen LogP contribution < -0.4 is 4.72 Å². The molecule has 0 spiro atoms. The summed E-state index contributed by atoms with van der Waals surface area (Å²) in [5, 5.41) is 8.76. The van der Waals surface area contributed by atoms with Crippen molar-refractivity contribution in [3.63, 3.8) is 0 Å². The lowest BCUT2D eigenvalue weighted by Gasteiger charge is -2.22. The number of esters is 1. The number of nitrogens with one attached hydrogen (secondary N) is 1. The molecule has 0 aliphatic rings. The molecule has 1 atom stereocenters. The second-order valence-corrected chi connectivity index (χ2v) is 8.28. The van der Waals surface area contributed by atoms with Gasteiger partial charge in [0.05, 0.1) is 17.4 Å². The van der Waals surface area contributed by atoms with Crippen LogP contribution in [0.15, 0.2) is 29.2 Å². The summed E-state index contributed by atoms with van der Waals surface area (Å²) < 4.78 is 32.2. The summed E-state index contributed by atoms with van der Waals surface area (Å²) in [4.78, 5) is 25.4. The zero-order valence-electron chi connectivity index (χ0n) is 15.3. The third kappa shape index (κ3) is 7.17. The standard InChI is InChI=1S/C17H22ClN3O5S/c1-12(2)16(17(23)26-11-15(22)21(3)9-5-8-19)20-27(24,25)14-7-4-6-13(18)10-14/h4,6-7,10,12,16,20H,5,9,11H2,1-3H3/t16-/m0/s1. The van der Waals surface area contributed by atoms with Crippen LogP contribution in [0.25, 0.3) is 0 Å². The molecule has 0 aliphatic heterocycles. The third-order valence-corrected chi connectivity index (χ3v) is 5.31. The molecule has 10 heteroatoms. The lowest BCUT2D eigenvalue weighted by molar-refractivity contribution is -0.153. The Bertz CT molecular complexity index is 820. The van der Waals surface area contributed by atoms with E-state index < -0.39 is 40.5 Å². The fraction of sp³-hybridized carbons (Fsp3) is 0.471. The Morgan fingerprint density at radius 2 is 2.04 bits per heavy atom. The van der Waals surface area contributed by atoms with Crippen LogP contribution in [0.4, 0.5) is 0 Å². The highest BCUT2D eigenvalue weighted by molar-refractivity contribution is 7.89. The Balaban J connectivity index is 2.79. The quantitative estimate of drug-likeness (QED) is 0.611. The van der Waals surface area contributed by atoms with E-state index in [4.69, 9.17) is 21.6 Å². The number of rotatable bonds is 9. The van der Waals surface area contributed by atoms with Gasteiger partial charge in [0.2, 0.25) is 10.0 Å². The third-order valence-electron chi connectivity index (χ3n) is 3.63. The largest absolute Gasteiger partial charge is 0.454 e. The second kappa shape index (κ2) is 10.3. The maximum absolute atomic E-state index is 12.5. The minimum absolute atomic E-state index is 0.0826. The van der Waals surface area contributed by atoms with Crippen molar-refractivity contribution < 1.29 is 22.7 Å². The molecule has 0 heterocycles. The predicted octanol–water partition coefficient (Wildman–Crippen LogP) is 1.56. The lowest BCUT2D eigenvalue weighted by atomic mass is 10.1. The van der Waals surface area contributed by atoms with Crippen LogP contribution in [0.2, 0.25) is 5.02 Å². The first-order valence-corrected chi connectivity index (χ1v) is 10.00. The van der Waals surface area contributed by atoms with Crippen molar-refractivity contribution in [2.45, 2.75) is 31.2 Å². The van der Waals surface area contributed by atoms with E-state index in [1.807, 2.05) is 6.07 Å². The van der Waals surface area contributed by atoms with E-state index in [1.165, 1.54) is 36.2 Å². The molecule has 0 unspecified atom stereocenters. The summed E-state index contributed by atoms with van der Waals surface area (Å²) in [6, 6.07) is 6.36. The Morgan fingerprint density at radius 1 is 1.37 bits per heavy atom. The molecule has 1 N–H and O–H groups in total. The van der Waals surface area contributed by atoms with Crippen LogP contribution in [0, 0.1) is 17.2 Å². The van der Waals surface area contributed by atoms with Crippen LogP contribution in [-0.4, -0.2) is 51.4 Å². The van der Waals surface area contributed by atoms with Gasteiger partial charge in [0, 0.05) is 18.6 Å².